The normalized spacial score (nSPS) is 21.2. The molecule has 4 rings (SSSR count). The van der Waals surface area contributed by atoms with Gasteiger partial charge in [0, 0.05) is 12.0 Å². The molecule has 1 atom stereocenters. The maximum Gasteiger partial charge on any atom is 0.240 e. The van der Waals surface area contributed by atoms with Crippen molar-refractivity contribution in [2.75, 3.05) is 20.8 Å². The maximum absolute atomic E-state index is 5.45. The molecule has 1 saturated heterocycles. The van der Waals surface area contributed by atoms with E-state index in [0.29, 0.717) is 18.5 Å². The number of hydrogen-bond donors (Lipinski definition) is 0. The average Bonchev–Trinajstić information content (AvgIpc) is 3.19. The molecule has 1 saturated carbocycles. The summed E-state index contributed by atoms with van der Waals surface area (Å²) in [6.07, 6.45) is 4.68. The Kier molecular flexibility index (Phi) is 4.14. The first kappa shape index (κ1) is 15.4. The number of rotatable bonds is 6. The molecule has 1 aromatic heterocycles. The van der Waals surface area contributed by atoms with Gasteiger partial charge in [-0.3, -0.25) is 4.90 Å². The fourth-order valence-corrected chi connectivity index (χ4v) is 3.47. The van der Waals surface area contributed by atoms with E-state index in [9.17, 15) is 0 Å². The SMILES string of the molecule is COc1ccc(C2CCCN2Cc2nc(C3CC3)no2)cc1OC. The summed E-state index contributed by atoms with van der Waals surface area (Å²) in [4.78, 5) is 6.97. The molecule has 128 valence electrons. The summed E-state index contributed by atoms with van der Waals surface area (Å²) >= 11 is 0. The predicted molar refractivity (Wildman–Crippen MR) is 88.2 cm³/mol. The third kappa shape index (κ3) is 2.98. The largest absolute Gasteiger partial charge is 0.493 e. The lowest BCUT2D eigenvalue weighted by molar-refractivity contribution is 0.212. The zero-order chi connectivity index (χ0) is 16.5. The molecule has 1 unspecified atom stereocenters. The Bertz CT molecular complexity index is 711. The minimum atomic E-state index is 0.348. The van der Waals surface area contributed by atoms with Crippen LogP contribution in [0.5, 0.6) is 11.5 Å². The number of likely N-dealkylation sites (tertiary alicyclic amines) is 1. The van der Waals surface area contributed by atoms with Crippen molar-refractivity contribution in [3.63, 3.8) is 0 Å². The molecular weight excluding hydrogens is 306 g/mol. The Labute approximate surface area is 141 Å². The second-order valence-corrected chi connectivity index (χ2v) is 6.56. The zero-order valence-corrected chi connectivity index (χ0v) is 14.2. The molecule has 0 bridgehead atoms. The molecule has 0 spiro atoms. The van der Waals surface area contributed by atoms with Crippen molar-refractivity contribution in [2.24, 2.45) is 0 Å². The molecule has 2 heterocycles. The number of benzene rings is 1. The van der Waals surface area contributed by atoms with Crippen molar-refractivity contribution in [3.8, 4) is 11.5 Å². The monoisotopic (exact) mass is 329 g/mol. The molecule has 2 fully saturated rings. The van der Waals surface area contributed by atoms with E-state index in [1.165, 1.54) is 24.8 Å². The van der Waals surface area contributed by atoms with Crippen molar-refractivity contribution < 1.29 is 14.0 Å². The molecular formula is C18H23N3O3. The minimum absolute atomic E-state index is 0.348. The molecule has 2 aliphatic rings. The molecule has 1 aromatic carbocycles. The number of nitrogens with zero attached hydrogens (tertiary/aromatic N) is 3. The van der Waals surface area contributed by atoms with Gasteiger partial charge in [0.05, 0.1) is 20.8 Å². The van der Waals surface area contributed by atoms with Gasteiger partial charge in [0.25, 0.3) is 0 Å². The minimum Gasteiger partial charge on any atom is -0.493 e. The van der Waals surface area contributed by atoms with Gasteiger partial charge < -0.3 is 14.0 Å². The first-order chi connectivity index (χ1) is 11.8. The van der Waals surface area contributed by atoms with Gasteiger partial charge in [-0.1, -0.05) is 11.2 Å². The fourth-order valence-electron chi connectivity index (χ4n) is 3.47. The van der Waals surface area contributed by atoms with Crippen LogP contribution in [0.15, 0.2) is 22.7 Å². The highest BCUT2D eigenvalue weighted by Crippen LogP contribution is 2.39. The third-order valence-electron chi connectivity index (χ3n) is 4.92. The quantitative estimate of drug-likeness (QED) is 0.810. The molecule has 0 amide bonds. The summed E-state index contributed by atoms with van der Waals surface area (Å²) in [5, 5.41) is 4.12. The van der Waals surface area contributed by atoms with E-state index in [1.54, 1.807) is 14.2 Å². The van der Waals surface area contributed by atoms with E-state index >= 15 is 0 Å². The first-order valence-electron chi connectivity index (χ1n) is 8.57. The van der Waals surface area contributed by atoms with Crippen LogP contribution < -0.4 is 9.47 Å². The van der Waals surface area contributed by atoms with Gasteiger partial charge in [-0.15, -0.1) is 0 Å². The van der Waals surface area contributed by atoms with Crippen LogP contribution in [0.4, 0.5) is 0 Å². The molecule has 6 nitrogen and oxygen atoms in total. The van der Waals surface area contributed by atoms with Crippen molar-refractivity contribution in [2.45, 2.75) is 44.2 Å². The lowest BCUT2D eigenvalue weighted by atomic mass is 10.0. The van der Waals surface area contributed by atoms with Crippen molar-refractivity contribution >= 4 is 0 Å². The van der Waals surface area contributed by atoms with Gasteiger partial charge in [-0.05, 0) is 49.9 Å². The van der Waals surface area contributed by atoms with Crippen LogP contribution in [0, 0.1) is 0 Å². The topological polar surface area (TPSA) is 60.6 Å². The Hall–Kier alpha value is -2.08. The van der Waals surface area contributed by atoms with Gasteiger partial charge in [0.15, 0.2) is 17.3 Å². The zero-order valence-electron chi connectivity index (χ0n) is 14.2. The number of methoxy groups -OCH3 is 2. The Morgan fingerprint density at radius 3 is 2.75 bits per heavy atom. The second-order valence-electron chi connectivity index (χ2n) is 6.56. The van der Waals surface area contributed by atoms with Crippen LogP contribution in [0.3, 0.4) is 0 Å². The van der Waals surface area contributed by atoms with Crippen molar-refractivity contribution in [1.82, 2.24) is 15.0 Å². The summed E-state index contributed by atoms with van der Waals surface area (Å²) in [6, 6.07) is 6.52. The Morgan fingerprint density at radius 2 is 2.00 bits per heavy atom. The lowest BCUT2D eigenvalue weighted by Crippen LogP contribution is -2.23. The van der Waals surface area contributed by atoms with Crippen LogP contribution in [0.2, 0.25) is 0 Å². The summed E-state index contributed by atoms with van der Waals surface area (Å²) in [7, 11) is 3.33. The van der Waals surface area contributed by atoms with Crippen LogP contribution in [-0.4, -0.2) is 35.8 Å². The molecule has 0 radical (unpaired) electrons. The van der Waals surface area contributed by atoms with Crippen molar-refractivity contribution in [1.29, 1.82) is 0 Å². The number of ether oxygens (including phenoxy) is 2. The van der Waals surface area contributed by atoms with Gasteiger partial charge in [-0.2, -0.15) is 4.98 Å². The number of hydrogen-bond acceptors (Lipinski definition) is 6. The molecule has 2 aromatic rings. The van der Waals surface area contributed by atoms with E-state index in [0.717, 1.165) is 36.2 Å². The summed E-state index contributed by atoms with van der Waals surface area (Å²) < 4.78 is 16.2. The summed E-state index contributed by atoms with van der Waals surface area (Å²) in [5.41, 5.74) is 1.24. The average molecular weight is 329 g/mol. The van der Waals surface area contributed by atoms with E-state index in [4.69, 9.17) is 14.0 Å². The van der Waals surface area contributed by atoms with Crippen LogP contribution in [0.25, 0.3) is 0 Å². The summed E-state index contributed by atoms with van der Waals surface area (Å²) in [6.45, 7) is 1.75. The highest BCUT2D eigenvalue weighted by molar-refractivity contribution is 5.44. The van der Waals surface area contributed by atoms with Crippen molar-refractivity contribution in [3.05, 3.63) is 35.5 Å². The smallest absolute Gasteiger partial charge is 0.240 e. The van der Waals surface area contributed by atoms with Gasteiger partial charge in [0.1, 0.15) is 0 Å². The summed E-state index contributed by atoms with van der Waals surface area (Å²) in [5.74, 6) is 3.67. The molecule has 1 aliphatic heterocycles. The van der Waals surface area contributed by atoms with E-state index in [2.05, 4.69) is 27.2 Å². The van der Waals surface area contributed by atoms with Gasteiger partial charge in [0.2, 0.25) is 5.89 Å². The highest BCUT2D eigenvalue weighted by atomic mass is 16.5. The van der Waals surface area contributed by atoms with E-state index in [-0.39, 0.29) is 0 Å². The standard InChI is InChI=1S/C18H23N3O3/c1-22-15-8-7-13(10-16(15)23-2)14-4-3-9-21(14)11-17-19-18(20-24-17)12-5-6-12/h7-8,10,12,14H,3-6,9,11H2,1-2H3. The lowest BCUT2D eigenvalue weighted by Gasteiger charge is -2.23. The predicted octanol–water partition coefficient (Wildman–Crippen LogP) is 3.30. The van der Waals surface area contributed by atoms with Crippen LogP contribution >= 0.6 is 0 Å². The highest BCUT2D eigenvalue weighted by Gasteiger charge is 2.31. The number of aromatic nitrogens is 2. The Morgan fingerprint density at radius 1 is 1.17 bits per heavy atom. The fraction of sp³-hybridized carbons (Fsp3) is 0.556. The maximum atomic E-state index is 5.45. The van der Waals surface area contributed by atoms with Gasteiger partial charge >= 0.3 is 0 Å². The molecule has 1 aliphatic carbocycles. The van der Waals surface area contributed by atoms with E-state index in [1.807, 2.05) is 6.07 Å². The van der Waals surface area contributed by atoms with Gasteiger partial charge in [-0.25, -0.2) is 0 Å². The second kappa shape index (κ2) is 6.43. The van der Waals surface area contributed by atoms with Crippen LogP contribution in [0.1, 0.15) is 54.9 Å². The van der Waals surface area contributed by atoms with Crippen LogP contribution in [-0.2, 0) is 6.54 Å². The molecule has 0 N–H and O–H groups in total. The third-order valence-corrected chi connectivity index (χ3v) is 4.92. The molecule has 6 heteroatoms. The molecule has 24 heavy (non-hydrogen) atoms. The Balaban J connectivity index is 1.51. The first-order valence-corrected chi connectivity index (χ1v) is 8.57. The van der Waals surface area contributed by atoms with E-state index < -0.39 is 0 Å².